The number of aromatic nitrogens is 1. The molecule has 10 heavy (non-hydrogen) atoms. The van der Waals surface area contributed by atoms with Gasteiger partial charge in [-0.2, -0.15) is 0 Å². The van der Waals surface area contributed by atoms with Crippen molar-refractivity contribution < 1.29 is 0 Å². The highest BCUT2D eigenvalue weighted by Crippen LogP contribution is 2.17. The summed E-state index contributed by atoms with van der Waals surface area (Å²) in [6.07, 6.45) is 0. The molecule has 0 fully saturated rings. The number of aryl methyl sites for hydroxylation is 1. The van der Waals surface area contributed by atoms with Crippen LogP contribution in [0.1, 0.15) is 5.56 Å². The Balaban J connectivity index is 2.86. The zero-order chi connectivity index (χ0) is 6.97. The number of hydrogen-bond donors (Lipinski definition) is 0. The van der Waals surface area contributed by atoms with E-state index in [1.165, 1.54) is 5.56 Å². The molecule has 2 rings (SSSR count). The van der Waals surface area contributed by atoms with Gasteiger partial charge in [0.2, 0.25) is 0 Å². The Bertz CT molecular complexity index is 351. The first-order chi connectivity index (χ1) is 4.86. The molecule has 1 aromatic carbocycles. The van der Waals surface area contributed by atoms with Crippen LogP contribution in [0.25, 0.3) is 10.2 Å². The highest BCUT2D eigenvalue weighted by Gasteiger charge is 1.94. The molecular formula is C8H6NS. The Hall–Kier alpha value is -0.890. The Morgan fingerprint density at radius 2 is 2.40 bits per heavy atom. The molecule has 0 aliphatic heterocycles. The number of benzene rings is 1. The van der Waals surface area contributed by atoms with Crippen molar-refractivity contribution >= 4 is 21.6 Å². The third-order valence-corrected chi connectivity index (χ3v) is 2.15. The zero-order valence-electron chi connectivity index (χ0n) is 5.59. The van der Waals surface area contributed by atoms with Gasteiger partial charge in [-0.3, -0.25) is 0 Å². The minimum Gasteiger partial charge on any atom is -0.245 e. The van der Waals surface area contributed by atoms with Crippen molar-refractivity contribution in [2.45, 2.75) is 6.92 Å². The maximum absolute atomic E-state index is 4.15. The lowest BCUT2D eigenvalue weighted by Gasteiger charge is -1.87. The Kier molecular flexibility index (Phi) is 1.21. The second kappa shape index (κ2) is 2.06. The highest BCUT2D eigenvalue weighted by molar-refractivity contribution is 7.16. The van der Waals surface area contributed by atoms with E-state index >= 15 is 0 Å². The quantitative estimate of drug-likeness (QED) is 0.559. The third kappa shape index (κ3) is 0.809. The molecule has 49 valence electrons. The molecule has 0 saturated heterocycles. The SMILES string of the molecule is Cc1[c]c2scnc2cc1. The van der Waals surface area contributed by atoms with Crippen LogP contribution in [0.4, 0.5) is 0 Å². The summed E-state index contributed by atoms with van der Waals surface area (Å²) in [7, 11) is 0. The molecular weight excluding hydrogens is 142 g/mol. The molecule has 0 N–H and O–H groups in total. The van der Waals surface area contributed by atoms with Gasteiger partial charge in [-0.15, -0.1) is 11.3 Å². The van der Waals surface area contributed by atoms with E-state index < -0.39 is 0 Å². The summed E-state index contributed by atoms with van der Waals surface area (Å²) in [6.45, 7) is 2.04. The van der Waals surface area contributed by atoms with Gasteiger partial charge >= 0.3 is 0 Å². The van der Waals surface area contributed by atoms with Crippen molar-refractivity contribution in [1.29, 1.82) is 0 Å². The van der Waals surface area contributed by atoms with Crippen molar-refractivity contribution in [3.63, 3.8) is 0 Å². The Morgan fingerprint density at radius 3 is 3.30 bits per heavy atom. The Labute approximate surface area is 63.3 Å². The first-order valence-electron chi connectivity index (χ1n) is 3.08. The normalized spacial score (nSPS) is 10.5. The van der Waals surface area contributed by atoms with Gasteiger partial charge in [-0.1, -0.05) is 6.07 Å². The molecule has 2 aromatic rings. The van der Waals surface area contributed by atoms with E-state index in [1.54, 1.807) is 11.3 Å². The third-order valence-electron chi connectivity index (χ3n) is 1.40. The minimum atomic E-state index is 1.05. The smallest absolute Gasteiger partial charge is 0.0818 e. The molecule has 1 heterocycles. The van der Waals surface area contributed by atoms with E-state index in [-0.39, 0.29) is 0 Å². The minimum absolute atomic E-state index is 1.05. The van der Waals surface area contributed by atoms with Gasteiger partial charge in [-0.25, -0.2) is 4.98 Å². The van der Waals surface area contributed by atoms with E-state index in [2.05, 4.69) is 11.1 Å². The van der Waals surface area contributed by atoms with E-state index in [9.17, 15) is 0 Å². The number of fused-ring (bicyclic) bond motifs is 1. The number of nitrogens with zero attached hydrogens (tertiary/aromatic N) is 1. The number of hydrogen-bond acceptors (Lipinski definition) is 2. The fourth-order valence-electron chi connectivity index (χ4n) is 0.892. The summed E-state index contributed by atoms with van der Waals surface area (Å²) in [5, 5.41) is 0. The predicted molar refractivity (Wildman–Crippen MR) is 43.2 cm³/mol. The molecule has 0 unspecified atom stereocenters. The second-order valence-electron chi connectivity index (χ2n) is 2.21. The lowest BCUT2D eigenvalue weighted by molar-refractivity contribution is 1.46. The molecule has 0 aliphatic rings. The molecule has 1 aromatic heterocycles. The van der Waals surface area contributed by atoms with Crippen molar-refractivity contribution in [3.05, 3.63) is 29.3 Å². The fraction of sp³-hybridized carbons (Fsp3) is 0.125. The second-order valence-corrected chi connectivity index (χ2v) is 3.06. The van der Waals surface area contributed by atoms with Crippen molar-refractivity contribution in [1.82, 2.24) is 4.98 Å². The summed E-state index contributed by atoms with van der Waals surface area (Å²) in [5.41, 5.74) is 4.08. The lowest BCUT2D eigenvalue weighted by Crippen LogP contribution is -1.70. The molecule has 1 radical (unpaired) electrons. The van der Waals surface area contributed by atoms with Crippen molar-refractivity contribution in [3.8, 4) is 0 Å². The van der Waals surface area contributed by atoms with Crippen LogP contribution in [0.2, 0.25) is 0 Å². The number of thiazole rings is 1. The zero-order valence-corrected chi connectivity index (χ0v) is 6.40. The standard InChI is InChI=1S/C8H6NS/c1-6-2-3-7-8(4-6)10-5-9-7/h2-3,5H,1H3. The van der Waals surface area contributed by atoms with Crippen LogP contribution < -0.4 is 0 Å². The maximum atomic E-state index is 4.15. The lowest BCUT2D eigenvalue weighted by atomic mass is 10.2. The van der Waals surface area contributed by atoms with Gasteiger partial charge in [-0.05, 0) is 18.6 Å². The van der Waals surface area contributed by atoms with Gasteiger partial charge in [0.25, 0.3) is 0 Å². The topological polar surface area (TPSA) is 12.9 Å². The first-order valence-corrected chi connectivity index (χ1v) is 3.96. The summed E-state index contributed by atoms with van der Waals surface area (Å²) < 4.78 is 1.15. The summed E-state index contributed by atoms with van der Waals surface area (Å²) in [4.78, 5) is 4.15. The summed E-state index contributed by atoms with van der Waals surface area (Å²) in [5.74, 6) is 0. The van der Waals surface area contributed by atoms with Gasteiger partial charge < -0.3 is 0 Å². The molecule has 0 amide bonds. The molecule has 1 nitrogen and oxygen atoms in total. The van der Waals surface area contributed by atoms with Crippen LogP contribution in [0, 0.1) is 13.0 Å². The summed E-state index contributed by atoms with van der Waals surface area (Å²) in [6, 6.07) is 7.28. The molecule has 0 atom stereocenters. The van der Waals surface area contributed by atoms with Crippen molar-refractivity contribution in [2.24, 2.45) is 0 Å². The number of rotatable bonds is 0. The average molecular weight is 148 g/mol. The van der Waals surface area contributed by atoms with Crippen LogP contribution >= 0.6 is 11.3 Å². The van der Waals surface area contributed by atoms with E-state index in [4.69, 9.17) is 0 Å². The fourth-order valence-corrected chi connectivity index (χ4v) is 1.62. The molecule has 0 spiro atoms. The predicted octanol–water partition coefficient (Wildman–Crippen LogP) is 2.40. The van der Waals surface area contributed by atoms with Gasteiger partial charge in [0.05, 0.1) is 15.7 Å². The molecule has 0 bridgehead atoms. The van der Waals surface area contributed by atoms with E-state index in [0.717, 1.165) is 10.2 Å². The molecule has 2 heteroatoms. The van der Waals surface area contributed by atoms with Crippen molar-refractivity contribution in [2.75, 3.05) is 0 Å². The van der Waals surface area contributed by atoms with Crippen LogP contribution in [-0.2, 0) is 0 Å². The van der Waals surface area contributed by atoms with Crippen LogP contribution in [-0.4, -0.2) is 4.98 Å². The van der Waals surface area contributed by atoms with Gasteiger partial charge in [0.1, 0.15) is 0 Å². The van der Waals surface area contributed by atoms with Gasteiger partial charge in [0, 0.05) is 6.07 Å². The van der Waals surface area contributed by atoms with Crippen LogP contribution in [0.15, 0.2) is 17.6 Å². The van der Waals surface area contributed by atoms with E-state index in [0.29, 0.717) is 0 Å². The summed E-state index contributed by atoms with van der Waals surface area (Å²) >= 11 is 1.63. The Morgan fingerprint density at radius 1 is 1.50 bits per heavy atom. The molecule has 0 saturated carbocycles. The monoisotopic (exact) mass is 148 g/mol. The van der Waals surface area contributed by atoms with E-state index in [1.807, 2.05) is 24.6 Å². The van der Waals surface area contributed by atoms with Crippen LogP contribution in [0.3, 0.4) is 0 Å². The van der Waals surface area contributed by atoms with Crippen LogP contribution in [0.5, 0.6) is 0 Å². The molecule has 0 aliphatic carbocycles. The van der Waals surface area contributed by atoms with Gasteiger partial charge in [0.15, 0.2) is 0 Å². The average Bonchev–Trinajstić information content (AvgIpc) is 2.33. The largest absolute Gasteiger partial charge is 0.245 e. The first kappa shape index (κ1) is 5.86. The maximum Gasteiger partial charge on any atom is 0.0818 e. The highest BCUT2D eigenvalue weighted by atomic mass is 32.1.